The fourth-order valence-electron chi connectivity index (χ4n) is 1.79. The van der Waals surface area contributed by atoms with Gasteiger partial charge in [0.05, 0.1) is 6.04 Å². The Morgan fingerprint density at radius 3 is 2.22 bits per heavy atom. The van der Waals surface area contributed by atoms with Crippen LogP contribution in [-0.4, -0.2) is 23.5 Å². The monoisotopic (exact) mass is 255 g/mol. The smallest absolute Gasteiger partial charge is 0.408 e. The van der Waals surface area contributed by atoms with E-state index in [0.29, 0.717) is 12.3 Å². The van der Waals surface area contributed by atoms with Crippen LogP contribution in [0.1, 0.15) is 53.9 Å². The molecule has 104 valence electrons. The predicted molar refractivity (Wildman–Crippen MR) is 70.3 cm³/mol. The third-order valence-corrected chi connectivity index (χ3v) is 2.87. The number of carbonyl (C=O) groups excluding carboxylic acids is 2. The van der Waals surface area contributed by atoms with Gasteiger partial charge in [-0.05, 0) is 45.4 Å². The summed E-state index contributed by atoms with van der Waals surface area (Å²) < 4.78 is 5.19. The quantitative estimate of drug-likeness (QED) is 0.821. The van der Waals surface area contributed by atoms with Crippen LogP contribution >= 0.6 is 0 Å². The first-order chi connectivity index (χ1) is 8.19. The van der Waals surface area contributed by atoms with Crippen LogP contribution in [0.25, 0.3) is 0 Å². The third-order valence-electron chi connectivity index (χ3n) is 2.87. The standard InChI is InChI=1S/C14H25NO3/c1-9(2)12(11(16)8-10-6-7-10)15-13(17)18-14(3,4)5/h9-10,12H,6-8H2,1-5H3,(H,15,17)/t12-/m0/s1. The van der Waals surface area contributed by atoms with Gasteiger partial charge in [0.25, 0.3) is 0 Å². The summed E-state index contributed by atoms with van der Waals surface area (Å²) in [4.78, 5) is 23.8. The molecule has 1 fully saturated rings. The molecule has 4 heteroatoms. The predicted octanol–water partition coefficient (Wildman–Crippen LogP) is 2.90. The Labute approximate surface area is 109 Å². The highest BCUT2D eigenvalue weighted by Gasteiger charge is 2.31. The van der Waals surface area contributed by atoms with Gasteiger partial charge >= 0.3 is 6.09 Å². The number of rotatable bonds is 5. The summed E-state index contributed by atoms with van der Waals surface area (Å²) in [5.74, 6) is 0.751. The minimum atomic E-state index is -0.537. The number of ketones is 1. The van der Waals surface area contributed by atoms with E-state index in [1.54, 1.807) is 0 Å². The SMILES string of the molecule is CC(C)[C@H](NC(=O)OC(C)(C)C)C(=O)CC1CC1. The van der Waals surface area contributed by atoms with Gasteiger partial charge < -0.3 is 10.1 Å². The number of ether oxygens (including phenoxy) is 1. The molecule has 0 saturated heterocycles. The van der Waals surface area contributed by atoms with Crippen LogP contribution in [0.2, 0.25) is 0 Å². The van der Waals surface area contributed by atoms with Crippen molar-refractivity contribution in [1.82, 2.24) is 5.32 Å². The minimum absolute atomic E-state index is 0.0868. The van der Waals surface area contributed by atoms with E-state index >= 15 is 0 Å². The highest BCUT2D eigenvalue weighted by molar-refractivity contribution is 5.88. The van der Waals surface area contributed by atoms with Crippen LogP contribution in [0, 0.1) is 11.8 Å². The van der Waals surface area contributed by atoms with Crippen LogP contribution in [0.5, 0.6) is 0 Å². The second-order valence-electron chi connectivity index (χ2n) is 6.48. The van der Waals surface area contributed by atoms with E-state index in [1.165, 1.54) is 0 Å². The van der Waals surface area contributed by atoms with Crippen LogP contribution in [0.15, 0.2) is 0 Å². The number of amides is 1. The average Bonchev–Trinajstić information content (AvgIpc) is 2.94. The summed E-state index contributed by atoms with van der Waals surface area (Å²) in [7, 11) is 0. The number of nitrogens with one attached hydrogen (secondary N) is 1. The molecular formula is C14H25NO3. The second-order valence-corrected chi connectivity index (χ2v) is 6.48. The molecule has 1 N–H and O–H groups in total. The molecule has 0 aliphatic heterocycles. The molecule has 0 radical (unpaired) electrons. The Hall–Kier alpha value is -1.06. The van der Waals surface area contributed by atoms with Crippen molar-refractivity contribution in [2.75, 3.05) is 0 Å². The molecule has 18 heavy (non-hydrogen) atoms. The maximum absolute atomic E-state index is 12.1. The molecule has 1 aliphatic carbocycles. The first kappa shape index (κ1) is 15.0. The van der Waals surface area contributed by atoms with Gasteiger partial charge in [0.1, 0.15) is 5.60 Å². The maximum atomic E-state index is 12.1. The van der Waals surface area contributed by atoms with Crippen molar-refractivity contribution in [2.45, 2.75) is 65.5 Å². The Kier molecular flexibility index (Phi) is 4.77. The van der Waals surface area contributed by atoms with Crippen molar-refractivity contribution in [2.24, 2.45) is 11.8 Å². The fraction of sp³-hybridized carbons (Fsp3) is 0.857. The summed E-state index contributed by atoms with van der Waals surface area (Å²) in [6, 6.07) is -0.430. The van der Waals surface area contributed by atoms with Crippen molar-refractivity contribution in [3.05, 3.63) is 0 Å². The van der Waals surface area contributed by atoms with E-state index in [2.05, 4.69) is 5.32 Å². The molecule has 0 bridgehead atoms. The normalized spacial score (nSPS) is 17.4. The molecule has 1 saturated carbocycles. The zero-order valence-electron chi connectivity index (χ0n) is 12.1. The highest BCUT2D eigenvalue weighted by atomic mass is 16.6. The molecule has 0 aromatic heterocycles. The second kappa shape index (κ2) is 5.72. The zero-order chi connectivity index (χ0) is 13.9. The summed E-state index contributed by atoms with van der Waals surface area (Å²) >= 11 is 0. The summed E-state index contributed by atoms with van der Waals surface area (Å²) in [5, 5.41) is 2.70. The van der Waals surface area contributed by atoms with Crippen molar-refractivity contribution < 1.29 is 14.3 Å². The number of alkyl carbamates (subject to hydrolysis) is 1. The molecule has 0 heterocycles. The summed E-state index contributed by atoms with van der Waals surface area (Å²) in [5.41, 5.74) is -0.537. The van der Waals surface area contributed by atoms with Crippen LogP contribution in [-0.2, 0) is 9.53 Å². The van der Waals surface area contributed by atoms with Crippen molar-refractivity contribution in [3.63, 3.8) is 0 Å². The lowest BCUT2D eigenvalue weighted by Crippen LogP contribution is -2.46. The van der Waals surface area contributed by atoms with Crippen LogP contribution < -0.4 is 5.32 Å². The Bertz CT molecular complexity index is 313. The molecule has 0 spiro atoms. The summed E-state index contributed by atoms with van der Waals surface area (Å²) in [6.07, 6.45) is 2.36. The largest absolute Gasteiger partial charge is 0.444 e. The van der Waals surface area contributed by atoms with Gasteiger partial charge in [-0.25, -0.2) is 4.79 Å². The molecule has 0 aromatic rings. The van der Waals surface area contributed by atoms with E-state index in [1.807, 2.05) is 34.6 Å². The number of carbonyl (C=O) groups is 2. The van der Waals surface area contributed by atoms with Crippen molar-refractivity contribution in [1.29, 1.82) is 0 Å². The first-order valence-corrected chi connectivity index (χ1v) is 6.71. The van der Waals surface area contributed by atoms with E-state index in [-0.39, 0.29) is 11.7 Å². The van der Waals surface area contributed by atoms with Gasteiger partial charge in [-0.15, -0.1) is 0 Å². The maximum Gasteiger partial charge on any atom is 0.408 e. The van der Waals surface area contributed by atoms with Crippen LogP contribution in [0.3, 0.4) is 0 Å². The topological polar surface area (TPSA) is 55.4 Å². The lowest BCUT2D eigenvalue weighted by molar-refractivity contribution is -0.122. The molecule has 0 aromatic carbocycles. The van der Waals surface area contributed by atoms with Gasteiger partial charge in [-0.2, -0.15) is 0 Å². The lowest BCUT2D eigenvalue weighted by Gasteiger charge is -2.25. The van der Waals surface area contributed by atoms with Gasteiger partial charge in [0.2, 0.25) is 0 Å². The van der Waals surface area contributed by atoms with Crippen molar-refractivity contribution >= 4 is 11.9 Å². The van der Waals surface area contributed by atoms with E-state index in [4.69, 9.17) is 4.74 Å². The first-order valence-electron chi connectivity index (χ1n) is 6.71. The number of hydrogen-bond acceptors (Lipinski definition) is 3. The average molecular weight is 255 g/mol. The fourth-order valence-corrected chi connectivity index (χ4v) is 1.79. The minimum Gasteiger partial charge on any atom is -0.444 e. The third kappa shape index (κ3) is 5.52. The Balaban J connectivity index is 2.51. The molecule has 1 aliphatic rings. The Morgan fingerprint density at radius 2 is 1.83 bits per heavy atom. The van der Waals surface area contributed by atoms with E-state index in [0.717, 1.165) is 12.8 Å². The molecule has 1 atom stereocenters. The zero-order valence-corrected chi connectivity index (χ0v) is 12.1. The summed E-state index contributed by atoms with van der Waals surface area (Å²) in [6.45, 7) is 9.30. The van der Waals surface area contributed by atoms with E-state index in [9.17, 15) is 9.59 Å². The number of hydrogen-bond donors (Lipinski definition) is 1. The van der Waals surface area contributed by atoms with Gasteiger partial charge in [-0.1, -0.05) is 13.8 Å². The van der Waals surface area contributed by atoms with Gasteiger partial charge in [0, 0.05) is 6.42 Å². The highest BCUT2D eigenvalue weighted by Crippen LogP contribution is 2.33. The Morgan fingerprint density at radius 1 is 1.28 bits per heavy atom. The molecular weight excluding hydrogens is 230 g/mol. The molecule has 1 rings (SSSR count). The van der Waals surface area contributed by atoms with Gasteiger partial charge in [-0.3, -0.25) is 4.79 Å². The van der Waals surface area contributed by atoms with Gasteiger partial charge in [0.15, 0.2) is 5.78 Å². The lowest BCUT2D eigenvalue weighted by atomic mass is 9.96. The molecule has 1 amide bonds. The molecule has 4 nitrogen and oxygen atoms in total. The molecule has 0 unspecified atom stereocenters. The van der Waals surface area contributed by atoms with E-state index < -0.39 is 17.7 Å². The number of Topliss-reactive ketones (excluding diaryl/α,β-unsaturated/α-hetero) is 1. The van der Waals surface area contributed by atoms with Crippen LogP contribution in [0.4, 0.5) is 4.79 Å². The van der Waals surface area contributed by atoms with Crippen molar-refractivity contribution in [3.8, 4) is 0 Å².